The smallest absolute Gasteiger partial charge is 0.323 e. The molecule has 9 heteroatoms. The molecular weight excluding hydrogens is 502 g/mol. The van der Waals surface area contributed by atoms with Crippen LogP contribution >= 0.6 is 23.2 Å². The van der Waals surface area contributed by atoms with Crippen LogP contribution in [0.2, 0.25) is 0 Å². The fourth-order valence-corrected chi connectivity index (χ4v) is 4.25. The highest BCUT2D eigenvalue weighted by atomic mass is 35.5. The normalized spacial score (nSPS) is 10.8. The molecule has 1 aromatic heterocycles. The number of rotatable bonds is 9. The Morgan fingerprint density at radius 1 is 0.972 bits per heavy atom. The molecule has 4 rings (SSSR count). The number of alkyl halides is 2. The van der Waals surface area contributed by atoms with Crippen LogP contribution in [0.1, 0.15) is 0 Å². The van der Waals surface area contributed by atoms with E-state index in [1.165, 1.54) is 12.1 Å². The standard InChI is InChI=1S/C27H25Cl2FN4O2/c1-36-22-9-10-24-23(16-22)26(17-25(32-24)18-3-2-4-19(30)15-18)33-27(35)31-20-5-7-21(8-6-20)34(13-11-28)14-12-29/h2-10,15-17H,11-14H2,1H3,(H2,31,32,33,35). The minimum absolute atomic E-state index is 0.365. The number of carbonyl (C=O) groups excluding carboxylic acids is 1. The predicted octanol–water partition coefficient (Wildman–Crippen LogP) is 6.98. The summed E-state index contributed by atoms with van der Waals surface area (Å²) in [6.45, 7) is 1.35. The molecule has 186 valence electrons. The number of amides is 2. The van der Waals surface area contributed by atoms with Gasteiger partial charge in [0.15, 0.2) is 0 Å². The summed E-state index contributed by atoms with van der Waals surface area (Å²) >= 11 is 11.8. The van der Waals surface area contributed by atoms with E-state index < -0.39 is 6.03 Å². The molecule has 0 saturated carbocycles. The van der Waals surface area contributed by atoms with Crippen LogP contribution in [-0.4, -0.2) is 43.0 Å². The van der Waals surface area contributed by atoms with E-state index in [1.807, 2.05) is 24.3 Å². The van der Waals surface area contributed by atoms with Crippen LogP contribution in [0.15, 0.2) is 72.8 Å². The quantitative estimate of drug-likeness (QED) is 0.231. The van der Waals surface area contributed by atoms with Crippen LogP contribution in [0.4, 0.5) is 26.2 Å². The Labute approximate surface area is 219 Å². The molecule has 0 aliphatic rings. The Balaban J connectivity index is 1.59. The molecule has 1 heterocycles. The van der Waals surface area contributed by atoms with Crippen molar-refractivity contribution in [2.45, 2.75) is 0 Å². The van der Waals surface area contributed by atoms with Gasteiger partial charge in [0.05, 0.1) is 24.0 Å². The number of benzene rings is 3. The van der Waals surface area contributed by atoms with Crippen LogP contribution in [0, 0.1) is 5.82 Å². The number of carbonyl (C=O) groups is 1. The van der Waals surface area contributed by atoms with Crippen molar-refractivity contribution in [3.05, 3.63) is 78.6 Å². The van der Waals surface area contributed by atoms with E-state index in [0.717, 1.165) is 5.69 Å². The first-order valence-corrected chi connectivity index (χ1v) is 12.4. The minimum Gasteiger partial charge on any atom is -0.497 e. The van der Waals surface area contributed by atoms with Crippen LogP contribution in [0.25, 0.3) is 22.2 Å². The molecule has 0 radical (unpaired) electrons. The van der Waals surface area contributed by atoms with Crippen LogP contribution < -0.4 is 20.3 Å². The van der Waals surface area contributed by atoms with Crippen molar-refractivity contribution in [1.82, 2.24) is 4.98 Å². The summed E-state index contributed by atoms with van der Waals surface area (Å²) in [5.41, 5.74) is 3.87. The molecule has 0 aliphatic heterocycles. The van der Waals surface area contributed by atoms with Crippen molar-refractivity contribution in [2.24, 2.45) is 0 Å². The Bertz CT molecular complexity index is 1350. The lowest BCUT2D eigenvalue weighted by Crippen LogP contribution is -2.27. The van der Waals surface area contributed by atoms with Gasteiger partial charge < -0.3 is 20.3 Å². The van der Waals surface area contributed by atoms with Gasteiger partial charge in [-0.2, -0.15) is 0 Å². The fourth-order valence-electron chi connectivity index (χ4n) is 3.85. The van der Waals surface area contributed by atoms with Crippen molar-refractivity contribution < 1.29 is 13.9 Å². The fraction of sp³-hybridized carbons (Fsp3) is 0.185. The predicted molar refractivity (Wildman–Crippen MR) is 146 cm³/mol. The highest BCUT2D eigenvalue weighted by Gasteiger charge is 2.13. The van der Waals surface area contributed by atoms with E-state index in [9.17, 15) is 9.18 Å². The number of methoxy groups -OCH3 is 1. The number of anilines is 3. The number of nitrogens with zero attached hydrogens (tertiary/aromatic N) is 2. The van der Waals surface area contributed by atoms with Gasteiger partial charge in [-0.3, -0.25) is 0 Å². The number of hydrogen-bond acceptors (Lipinski definition) is 4. The van der Waals surface area contributed by atoms with Crippen molar-refractivity contribution in [3.8, 4) is 17.0 Å². The Kier molecular flexibility index (Phi) is 8.46. The van der Waals surface area contributed by atoms with Crippen molar-refractivity contribution in [1.29, 1.82) is 0 Å². The van der Waals surface area contributed by atoms with Gasteiger partial charge in [-0.15, -0.1) is 23.2 Å². The highest BCUT2D eigenvalue weighted by molar-refractivity contribution is 6.18. The summed E-state index contributed by atoms with van der Waals surface area (Å²) < 4.78 is 19.2. The largest absolute Gasteiger partial charge is 0.497 e. The molecule has 4 aromatic rings. The third-order valence-electron chi connectivity index (χ3n) is 5.58. The molecule has 6 nitrogen and oxygen atoms in total. The molecule has 2 N–H and O–H groups in total. The lowest BCUT2D eigenvalue weighted by Gasteiger charge is -2.23. The summed E-state index contributed by atoms with van der Waals surface area (Å²) in [5, 5.41) is 6.45. The number of nitrogens with one attached hydrogen (secondary N) is 2. The Morgan fingerprint density at radius 3 is 2.39 bits per heavy atom. The second kappa shape index (κ2) is 11.9. The molecule has 3 aromatic carbocycles. The van der Waals surface area contributed by atoms with Gasteiger partial charge in [-0.05, 0) is 60.7 Å². The zero-order chi connectivity index (χ0) is 25.5. The number of ether oxygens (including phenoxy) is 1. The maximum atomic E-state index is 13.8. The minimum atomic E-state index is -0.429. The third kappa shape index (κ3) is 6.17. The monoisotopic (exact) mass is 526 g/mol. The van der Waals surface area contributed by atoms with Gasteiger partial charge in [0.25, 0.3) is 0 Å². The summed E-state index contributed by atoms with van der Waals surface area (Å²) in [6, 6.07) is 20.3. The topological polar surface area (TPSA) is 66.5 Å². The van der Waals surface area contributed by atoms with Crippen LogP contribution in [-0.2, 0) is 0 Å². The first kappa shape index (κ1) is 25.5. The van der Waals surface area contributed by atoms with Crippen molar-refractivity contribution in [3.63, 3.8) is 0 Å². The van der Waals surface area contributed by atoms with Gasteiger partial charge in [0.2, 0.25) is 0 Å². The first-order valence-electron chi connectivity index (χ1n) is 11.3. The van der Waals surface area contributed by atoms with E-state index in [4.69, 9.17) is 27.9 Å². The summed E-state index contributed by atoms with van der Waals surface area (Å²) in [5.74, 6) is 1.24. The third-order valence-corrected chi connectivity index (χ3v) is 5.92. The molecule has 0 spiro atoms. The second-order valence-corrected chi connectivity index (χ2v) is 8.70. The second-order valence-electron chi connectivity index (χ2n) is 7.94. The van der Waals surface area contributed by atoms with E-state index in [2.05, 4.69) is 20.5 Å². The average Bonchev–Trinajstić information content (AvgIpc) is 2.88. The lowest BCUT2D eigenvalue weighted by molar-refractivity contribution is 0.262. The zero-order valence-electron chi connectivity index (χ0n) is 19.6. The number of urea groups is 1. The zero-order valence-corrected chi connectivity index (χ0v) is 21.1. The molecule has 0 saturated heterocycles. The Hall–Kier alpha value is -3.55. The summed E-state index contributed by atoms with van der Waals surface area (Å²) in [7, 11) is 1.57. The number of aromatic nitrogens is 1. The molecule has 2 amide bonds. The molecule has 36 heavy (non-hydrogen) atoms. The number of pyridine rings is 1. The molecule has 0 unspecified atom stereocenters. The van der Waals surface area contributed by atoms with Crippen LogP contribution in [0.3, 0.4) is 0 Å². The number of fused-ring (bicyclic) bond motifs is 1. The van der Waals surface area contributed by atoms with Crippen molar-refractivity contribution in [2.75, 3.05) is 47.5 Å². The average molecular weight is 527 g/mol. The number of hydrogen-bond donors (Lipinski definition) is 2. The van der Waals surface area contributed by atoms with Gasteiger partial charge in [-0.1, -0.05) is 12.1 Å². The maximum absolute atomic E-state index is 13.8. The van der Waals surface area contributed by atoms with Crippen molar-refractivity contribution >= 4 is 57.2 Å². The molecule has 0 fully saturated rings. The SMILES string of the molecule is COc1ccc2nc(-c3cccc(F)c3)cc(NC(=O)Nc3ccc(N(CCCl)CCCl)cc3)c2c1. The lowest BCUT2D eigenvalue weighted by atomic mass is 10.1. The molecule has 0 aliphatic carbocycles. The molecule has 0 atom stereocenters. The van der Waals surface area contributed by atoms with E-state index in [0.29, 0.717) is 64.1 Å². The highest BCUT2D eigenvalue weighted by Crippen LogP contribution is 2.31. The van der Waals surface area contributed by atoms with Gasteiger partial charge in [0.1, 0.15) is 11.6 Å². The van der Waals surface area contributed by atoms with E-state index in [-0.39, 0.29) is 5.82 Å². The van der Waals surface area contributed by atoms with E-state index in [1.54, 1.807) is 43.5 Å². The van der Waals surface area contributed by atoms with Gasteiger partial charge in [0, 0.05) is 47.2 Å². The van der Waals surface area contributed by atoms with Gasteiger partial charge in [-0.25, -0.2) is 14.2 Å². The molecular formula is C27H25Cl2FN4O2. The van der Waals surface area contributed by atoms with Gasteiger partial charge >= 0.3 is 6.03 Å². The first-order chi connectivity index (χ1) is 17.5. The molecule has 0 bridgehead atoms. The maximum Gasteiger partial charge on any atom is 0.323 e. The Morgan fingerprint density at radius 2 is 1.72 bits per heavy atom. The summed E-state index contributed by atoms with van der Waals surface area (Å²) in [6.07, 6.45) is 0. The summed E-state index contributed by atoms with van der Waals surface area (Å²) in [4.78, 5) is 19.7. The van der Waals surface area contributed by atoms with Crippen LogP contribution in [0.5, 0.6) is 5.75 Å². The van der Waals surface area contributed by atoms with E-state index >= 15 is 0 Å². The number of halogens is 3.